The van der Waals surface area contributed by atoms with E-state index in [2.05, 4.69) is 37.9 Å². The van der Waals surface area contributed by atoms with Gasteiger partial charge in [-0.05, 0) is 26.2 Å². The van der Waals surface area contributed by atoms with E-state index < -0.39 is 0 Å². The van der Waals surface area contributed by atoms with Crippen LogP contribution in [0.1, 0.15) is 53.4 Å². The number of hydrogen-bond donors (Lipinski definition) is 1. The standard InChI is InChI=1S/C14H30N2/c1-5-7-8-13(6-2)11-16-10-9-15-14(3,4)12-16/h13,15H,5-12H2,1-4H3. The minimum Gasteiger partial charge on any atom is -0.309 e. The zero-order chi connectivity index (χ0) is 12.0. The lowest BCUT2D eigenvalue weighted by atomic mass is 9.96. The van der Waals surface area contributed by atoms with Gasteiger partial charge in [0.2, 0.25) is 0 Å². The number of rotatable bonds is 6. The van der Waals surface area contributed by atoms with Gasteiger partial charge in [-0.25, -0.2) is 0 Å². The van der Waals surface area contributed by atoms with Crippen LogP contribution in [0, 0.1) is 5.92 Å². The first kappa shape index (κ1) is 14.0. The number of unbranched alkanes of at least 4 members (excludes halogenated alkanes) is 1. The zero-order valence-corrected chi connectivity index (χ0v) is 11.7. The predicted octanol–water partition coefficient (Wildman–Crippen LogP) is 2.89. The van der Waals surface area contributed by atoms with Gasteiger partial charge in [0.15, 0.2) is 0 Å². The van der Waals surface area contributed by atoms with Gasteiger partial charge in [-0.3, -0.25) is 4.90 Å². The van der Waals surface area contributed by atoms with Crippen LogP contribution in [-0.2, 0) is 0 Å². The summed E-state index contributed by atoms with van der Waals surface area (Å²) >= 11 is 0. The molecule has 1 heterocycles. The van der Waals surface area contributed by atoms with Gasteiger partial charge in [0.25, 0.3) is 0 Å². The molecule has 16 heavy (non-hydrogen) atoms. The largest absolute Gasteiger partial charge is 0.309 e. The van der Waals surface area contributed by atoms with Crippen LogP contribution in [-0.4, -0.2) is 36.6 Å². The van der Waals surface area contributed by atoms with E-state index in [-0.39, 0.29) is 0 Å². The molecule has 0 bridgehead atoms. The molecule has 0 aromatic carbocycles. The summed E-state index contributed by atoms with van der Waals surface area (Å²) in [5.41, 5.74) is 0.307. The van der Waals surface area contributed by atoms with E-state index in [1.807, 2.05) is 0 Å². The van der Waals surface area contributed by atoms with Crippen LogP contribution in [0.15, 0.2) is 0 Å². The molecule has 1 saturated heterocycles. The van der Waals surface area contributed by atoms with Crippen LogP contribution in [0.3, 0.4) is 0 Å². The SMILES string of the molecule is CCCCC(CC)CN1CCNC(C)(C)C1. The fraction of sp³-hybridized carbons (Fsp3) is 1.00. The quantitative estimate of drug-likeness (QED) is 0.749. The fourth-order valence-electron chi connectivity index (χ4n) is 2.68. The van der Waals surface area contributed by atoms with Crippen LogP contribution in [0.4, 0.5) is 0 Å². The molecular formula is C14H30N2. The molecule has 1 aliphatic rings. The second-order valence-electron chi connectivity index (χ2n) is 5.96. The molecule has 1 fully saturated rings. The maximum Gasteiger partial charge on any atom is 0.0252 e. The topological polar surface area (TPSA) is 15.3 Å². The molecule has 2 nitrogen and oxygen atoms in total. The second kappa shape index (κ2) is 6.61. The van der Waals surface area contributed by atoms with Crippen molar-refractivity contribution in [2.45, 2.75) is 58.9 Å². The Labute approximate surface area is 102 Å². The summed E-state index contributed by atoms with van der Waals surface area (Å²) in [6.45, 7) is 14.1. The van der Waals surface area contributed by atoms with Crippen molar-refractivity contribution in [3.05, 3.63) is 0 Å². The van der Waals surface area contributed by atoms with E-state index in [1.165, 1.54) is 45.3 Å². The molecule has 0 amide bonds. The van der Waals surface area contributed by atoms with E-state index in [9.17, 15) is 0 Å². The lowest BCUT2D eigenvalue weighted by molar-refractivity contribution is 0.131. The van der Waals surface area contributed by atoms with E-state index in [0.717, 1.165) is 12.5 Å². The molecule has 0 aromatic heterocycles. The van der Waals surface area contributed by atoms with Gasteiger partial charge in [-0.1, -0.05) is 33.1 Å². The molecule has 1 aliphatic heterocycles. The maximum absolute atomic E-state index is 3.58. The molecule has 0 spiro atoms. The maximum atomic E-state index is 3.58. The van der Waals surface area contributed by atoms with E-state index in [1.54, 1.807) is 0 Å². The summed E-state index contributed by atoms with van der Waals surface area (Å²) in [5.74, 6) is 0.911. The van der Waals surface area contributed by atoms with Crippen LogP contribution >= 0.6 is 0 Å². The summed E-state index contributed by atoms with van der Waals surface area (Å²) in [6, 6.07) is 0. The summed E-state index contributed by atoms with van der Waals surface area (Å²) < 4.78 is 0. The Balaban J connectivity index is 2.33. The van der Waals surface area contributed by atoms with Gasteiger partial charge >= 0.3 is 0 Å². The third-order valence-electron chi connectivity index (χ3n) is 3.71. The molecule has 0 aromatic rings. The molecular weight excluding hydrogens is 196 g/mol. The van der Waals surface area contributed by atoms with Gasteiger partial charge in [-0.15, -0.1) is 0 Å². The van der Waals surface area contributed by atoms with Gasteiger partial charge in [-0.2, -0.15) is 0 Å². The molecule has 1 unspecified atom stereocenters. The predicted molar refractivity (Wildman–Crippen MR) is 71.8 cm³/mol. The summed E-state index contributed by atoms with van der Waals surface area (Å²) in [7, 11) is 0. The van der Waals surface area contributed by atoms with Crippen molar-refractivity contribution < 1.29 is 0 Å². The van der Waals surface area contributed by atoms with Crippen LogP contribution < -0.4 is 5.32 Å². The van der Waals surface area contributed by atoms with Crippen molar-refractivity contribution in [2.75, 3.05) is 26.2 Å². The second-order valence-corrected chi connectivity index (χ2v) is 5.96. The smallest absolute Gasteiger partial charge is 0.0252 e. The molecule has 1 atom stereocenters. The average molecular weight is 226 g/mol. The number of nitrogens with one attached hydrogen (secondary N) is 1. The highest BCUT2D eigenvalue weighted by Gasteiger charge is 2.26. The van der Waals surface area contributed by atoms with Gasteiger partial charge < -0.3 is 5.32 Å². The average Bonchev–Trinajstić information content (AvgIpc) is 2.22. The molecule has 0 radical (unpaired) electrons. The highest BCUT2D eigenvalue weighted by atomic mass is 15.2. The first-order chi connectivity index (χ1) is 7.57. The van der Waals surface area contributed by atoms with Gasteiger partial charge in [0.05, 0.1) is 0 Å². The first-order valence-electron chi connectivity index (χ1n) is 7.04. The Kier molecular flexibility index (Phi) is 5.77. The Bertz CT molecular complexity index is 189. The third kappa shape index (κ3) is 4.84. The van der Waals surface area contributed by atoms with Crippen molar-refractivity contribution in [3.63, 3.8) is 0 Å². The molecule has 96 valence electrons. The Morgan fingerprint density at radius 1 is 1.31 bits per heavy atom. The van der Waals surface area contributed by atoms with Gasteiger partial charge in [0.1, 0.15) is 0 Å². The Hall–Kier alpha value is -0.0800. The molecule has 2 heteroatoms. The molecule has 1 rings (SSSR count). The minimum atomic E-state index is 0.307. The van der Waals surface area contributed by atoms with E-state index >= 15 is 0 Å². The summed E-state index contributed by atoms with van der Waals surface area (Å²) in [4.78, 5) is 2.65. The van der Waals surface area contributed by atoms with Crippen molar-refractivity contribution >= 4 is 0 Å². The van der Waals surface area contributed by atoms with Crippen LogP contribution in [0.25, 0.3) is 0 Å². The number of piperazine rings is 1. The highest BCUT2D eigenvalue weighted by Crippen LogP contribution is 2.17. The van der Waals surface area contributed by atoms with Crippen molar-refractivity contribution in [1.29, 1.82) is 0 Å². The number of nitrogens with zero attached hydrogens (tertiary/aromatic N) is 1. The third-order valence-corrected chi connectivity index (χ3v) is 3.71. The Morgan fingerprint density at radius 2 is 2.06 bits per heavy atom. The fourth-order valence-corrected chi connectivity index (χ4v) is 2.68. The Morgan fingerprint density at radius 3 is 2.62 bits per heavy atom. The normalized spacial score (nSPS) is 23.2. The molecule has 1 N–H and O–H groups in total. The van der Waals surface area contributed by atoms with Crippen molar-refractivity contribution in [2.24, 2.45) is 5.92 Å². The molecule has 0 aliphatic carbocycles. The number of hydrogen-bond acceptors (Lipinski definition) is 2. The highest BCUT2D eigenvalue weighted by molar-refractivity contribution is 4.87. The lowest BCUT2D eigenvalue weighted by Crippen LogP contribution is -2.57. The summed E-state index contributed by atoms with van der Waals surface area (Å²) in [5, 5.41) is 3.58. The van der Waals surface area contributed by atoms with E-state index in [0.29, 0.717) is 5.54 Å². The lowest BCUT2D eigenvalue weighted by Gasteiger charge is -2.40. The zero-order valence-electron chi connectivity index (χ0n) is 11.7. The monoisotopic (exact) mass is 226 g/mol. The van der Waals surface area contributed by atoms with Crippen LogP contribution in [0.2, 0.25) is 0 Å². The van der Waals surface area contributed by atoms with E-state index in [4.69, 9.17) is 0 Å². The minimum absolute atomic E-state index is 0.307. The summed E-state index contributed by atoms with van der Waals surface area (Å²) in [6.07, 6.45) is 5.49. The van der Waals surface area contributed by atoms with Crippen molar-refractivity contribution in [1.82, 2.24) is 10.2 Å². The van der Waals surface area contributed by atoms with Crippen LogP contribution in [0.5, 0.6) is 0 Å². The first-order valence-corrected chi connectivity index (χ1v) is 7.04. The van der Waals surface area contributed by atoms with Crippen molar-refractivity contribution in [3.8, 4) is 0 Å². The molecule has 0 saturated carbocycles. The van der Waals surface area contributed by atoms with Gasteiger partial charge in [0, 0.05) is 31.7 Å².